The Labute approximate surface area is 139 Å². The molecule has 0 atom stereocenters. The van der Waals surface area contributed by atoms with Gasteiger partial charge in [-0.3, -0.25) is 4.79 Å². The Morgan fingerprint density at radius 2 is 1.74 bits per heavy atom. The number of sulfone groups is 1. The summed E-state index contributed by atoms with van der Waals surface area (Å²) in [4.78, 5) is 11.9. The Bertz CT molecular complexity index is 791. The topological polar surface area (TPSA) is 63.2 Å². The van der Waals surface area contributed by atoms with E-state index < -0.39 is 21.6 Å². The molecule has 0 unspecified atom stereocenters. The first kappa shape index (κ1) is 17.4. The SMILES string of the molecule is O=C(CCS(=O)(=O)c1ccc(Cl)cc1)NCc1ccccc1F. The fraction of sp³-hybridized carbons (Fsp3) is 0.188. The Kier molecular flexibility index (Phi) is 5.74. The van der Waals surface area contributed by atoms with E-state index in [2.05, 4.69) is 5.32 Å². The number of amides is 1. The molecule has 2 aromatic rings. The molecule has 23 heavy (non-hydrogen) atoms. The standard InChI is InChI=1S/C16H15ClFNO3S/c17-13-5-7-14(8-6-13)23(21,22)10-9-16(20)19-11-12-3-1-2-4-15(12)18/h1-8H,9-11H2,(H,19,20). The van der Waals surface area contributed by atoms with Crippen LogP contribution in [0.3, 0.4) is 0 Å². The van der Waals surface area contributed by atoms with Crippen molar-refractivity contribution in [3.8, 4) is 0 Å². The molecular formula is C16H15ClFNO3S. The van der Waals surface area contributed by atoms with Crippen LogP contribution in [0.4, 0.5) is 4.39 Å². The molecule has 0 fully saturated rings. The number of rotatable bonds is 6. The number of carbonyl (C=O) groups excluding carboxylic acids is 1. The van der Waals surface area contributed by atoms with Crippen LogP contribution >= 0.6 is 11.6 Å². The summed E-state index contributed by atoms with van der Waals surface area (Å²) in [6.45, 7) is 0.0203. The maximum atomic E-state index is 13.4. The molecular weight excluding hydrogens is 341 g/mol. The minimum atomic E-state index is -3.56. The minimum absolute atomic E-state index is 0.0203. The molecule has 122 valence electrons. The van der Waals surface area contributed by atoms with Crippen LogP contribution in [-0.2, 0) is 21.2 Å². The van der Waals surface area contributed by atoms with Crippen LogP contribution in [0.25, 0.3) is 0 Å². The fourth-order valence-electron chi connectivity index (χ4n) is 1.91. The average Bonchev–Trinajstić information content (AvgIpc) is 2.53. The van der Waals surface area contributed by atoms with Crippen LogP contribution in [-0.4, -0.2) is 20.1 Å². The molecule has 0 aliphatic carbocycles. The van der Waals surface area contributed by atoms with Gasteiger partial charge in [0.15, 0.2) is 9.84 Å². The molecule has 7 heteroatoms. The summed E-state index contributed by atoms with van der Waals surface area (Å²) in [6, 6.07) is 11.8. The third kappa shape index (κ3) is 5.04. The van der Waals surface area contributed by atoms with Crippen LogP contribution in [0.5, 0.6) is 0 Å². The average molecular weight is 356 g/mol. The first-order valence-corrected chi connectivity index (χ1v) is 8.90. The number of hydrogen-bond acceptors (Lipinski definition) is 3. The molecule has 0 aliphatic rings. The Morgan fingerprint density at radius 3 is 2.39 bits per heavy atom. The van der Waals surface area contributed by atoms with Gasteiger partial charge in [0.2, 0.25) is 5.91 Å². The molecule has 2 aromatic carbocycles. The van der Waals surface area contributed by atoms with Gasteiger partial charge in [0.05, 0.1) is 10.6 Å². The van der Waals surface area contributed by atoms with Crippen molar-refractivity contribution in [1.29, 1.82) is 0 Å². The molecule has 0 saturated carbocycles. The van der Waals surface area contributed by atoms with Crippen molar-refractivity contribution >= 4 is 27.3 Å². The molecule has 2 rings (SSSR count). The second kappa shape index (κ2) is 7.57. The van der Waals surface area contributed by atoms with E-state index in [1.165, 1.54) is 30.3 Å². The van der Waals surface area contributed by atoms with Gasteiger partial charge in [-0.05, 0) is 30.3 Å². The van der Waals surface area contributed by atoms with Gasteiger partial charge in [0.1, 0.15) is 5.82 Å². The van der Waals surface area contributed by atoms with Crippen molar-refractivity contribution in [2.45, 2.75) is 17.9 Å². The minimum Gasteiger partial charge on any atom is -0.352 e. The van der Waals surface area contributed by atoms with Crippen molar-refractivity contribution in [3.05, 3.63) is 64.9 Å². The molecule has 1 amide bonds. The number of hydrogen-bond donors (Lipinski definition) is 1. The van der Waals surface area contributed by atoms with Crippen molar-refractivity contribution in [2.24, 2.45) is 0 Å². The highest BCUT2D eigenvalue weighted by molar-refractivity contribution is 7.91. The summed E-state index contributed by atoms with van der Waals surface area (Å²) in [6.07, 6.45) is -0.195. The lowest BCUT2D eigenvalue weighted by molar-refractivity contribution is -0.120. The van der Waals surface area contributed by atoms with Crippen molar-refractivity contribution < 1.29 is 17.6 Å². The molecule has 0 aliphatic heterocycles. The zero-order valence-corrected chi connectivity index (χ0v) is 13.7. The summed E-state index contributed by atoms with van der Waals surface area (Å²) in [5.41, 5.74) is 0.349. The highest BCUT2D eigenvalue weighted by Gasteiger charge is 2.16. The van der Waals surface area contributed by atoms with Gasteiger partial charge in [0, 0.05) is 23.6 Å². The molecule has 0 bridgehead atoms. The maximum Gasteiger partial charge on any atom is 0.221 e. The first-order chi connectivity index (χ1) is 10.9. The Balaban J connectivity index is 1.89. The smallest absolute Gasteiger partial charge is 0.221 e. The zero-order chi connectivity index (χ0) is 16.9. The number of nitrogens with one attached hydrogen (secondary N) is 1. The van der Waals surface area contributed by atoms with Gasteiger partial charge >= 0.3 is 0 Å². The molecule has 4 nitrogen and oxygen atoms in total. The van der Waals surface area contributed by atoms with Crippen molar-refractivity contribution in [1.82, 2.24) is 5.32 Å². The summed E-state index contributed by atoms with van der Waals surface area (Å²) in [5, 5.41) is 2.95. The van der Waals surface area contributed by atoms with Crippen LogP contribution < -0.4 is 5.32 Å². The second-order valence-electron chi connectivity index (χ2n) is 4.89. The van der Waals surface area contributed by atoms with E-state index in [1.54, 1.807) is 18.2 Å². The highest BCUT2D eigenvalue weighted by Crippen LogP contribution is 2.16. The van der Waals surface area contributed by atoms with Gasteiger partial charge in [-0.15, -0.1) is 0 Å². The summed E-state index contributed by atoms with van der Waals surface area (Å²) in [5.74, 6) is -1.19. The fourth-order valence-corrected chi connectivity index (χ4v) is 3.28. The predicted molar refractivity (Wildman–Crippen MR) is 86.4 cm³/mol. The summed E-state index contributed by atoms with van der Waals surface area (Å²) < 4.78 is 37.6. The number of carbonyl (C=O) groups is 1. The summed E-state index contributed by atoms with van der Waals surface area (Å²) >= 11 is 5.71. The van der Waals surface area contributed by atoms with Crippen molar-refractivity contribution in [2.75, 3.05) is 5.75 Å². The van der Waals surface area contributed by atoms with Gasteiger partial charge < -0.3 is 5.32 Å². The largest absolute Gasteiger partial charge is 0.352 e. The molecule has 1 N–H and O–H groups in total. The van der Waals surface area contributed by atoms with E-state index in [4.69, 9.17) is 11.6 Å². The van der Waals surface area contributed by atoms with E-state index in [-0.39, 0.29) is 23.6 Å². The predicted octanol–water partition coefficient (Wildman–Crippen LogP) is 2.96. The lowest BCUT2D eigenvalue weighted by atomic mass is 10.2. The normalized spacial score (nSPS) is 11.2. The highest BCUT2D eigenvalue weighted by atomic mass is 35.5. The number of halogens is 2. The molecule has 0 spiro atoms. The van der Waals surface area contributed by atoms with Gasteiger partial charge in [0.25, 0.3) is 0 Å². The van der Waals surface area contributed by atoms with Gasteiger partial charge in [-0.25, -0.2) is 12.8 Å². The van der Waals surface area contributed by atoms with Crippen LogP contribution in [0.1, 0.15) is 12.0 Å². The maximum absolute atomic E-state index is 13.4. The van der Waals surface area contributed by atoms with Crippen LogP contribution in [0.2, 0.25) is 5.02 Å². The van der Waals surface area contributed by atoms with E-state index in [0.717, 1.165) is 0 Å². The van der Waals surface area contributed by atoms with Crippen molar-refractivity contribution in [3.63, 3.8) is 0 Å². The lowest BCUT2D eigenvalue weighted by Crippen LogP contribution is -2.25. The van der Waals surface area contributed by atoms with E-state index in [9.17, 15) is 17.6 Å². The monoisotopic (exact) mass is 355 g/mol. The molecule has 0 aromatic heterocycles. The van der Waals surface area contributed by atoms with E-state index in [1.807, 2.05) is 0 Å². The van der Waals surface area contributed by atoms with E-state index >= 15 is 0 Å². The lowest BCUT2D eigenvalue weighted by Gasteiger charge is -2.07. The Hall–Kier alpha value is -1.92. The zero-order valence-electron chi connectivity index (χ0n) is 12.1. The molecule has 0 heterocycles. The van der Waals surface area contributed by atoms with Crippen LogP contribution in [0.15, 0.2) is 53.4 Å². The number of benzene rings is 2. The van der Waals surface area contributed by atoms with Gasteiger partial charge in [-0.2, -0.15) is 0 Å². The third-order valence-electron chi connectivity index (χ3n) is 3.20. The summed E-state index contributed by atoms with van der Waals surface area (Å²) in [7, 11) is -3.56. The second-order valence-corrected chi connectivity index (χ2v) is 7.44. The van der Waals surface area contributed by atoms with Crippen LogP contribution in [0, 0.1) is 5.82 Å². The van der Waals surface area contributed by atoms with E-state index in [0.29, 0.717) is 10.6 Å². The molecule has 0 radical (unpaired) electrons. The quantitative estimate of drug-likeness (QED) is 0.866. The molecule has 0 saturated heterocycles. The first-order valence-electron chi connectivity index (χ1n) is 6.87. The third-order valence-corrected chi connectivity index (χ3v) is 5.19. The Morgan fingerprint density at radius 1 is 1.09 bits per heavy atom. The van der Waals surface area contributed by atoms with Gasteiger partial charge in [-0.1, -0.05) is 29.8 Å².